The Hall–Kier alpha value is -5.95. The zero-order chi connectivity index (χ0) is 50.3. The highest BCUT2D eigenvalue weighted by Gasteiger charge is 2.42. The van der Waals surface area contributed by atoms with Crippen LogP contribution in [0.25, 0.3) is 0 Å². The molecule has 0 aromatic heterocycles. The molecule has 0 aromatic carbocycles. The molecule has 3 rings (SSSR count). The van der Waals surface area contributed by atoms with Gasteiger partial charge in [-0.3, -0.25) is 47.9 Å². The molecule has 3 heterocycles. The number of nitrogens with one attached hydrogen (secondary N) is 8. The third-order valence-electron chi connectivity index (χ3n) is 11.7. The van der Waals surface area contributed by atoms with E-state index in [2.05, 4.69) is 42.5 Å². The van der Waals surface area contributed by atoms with Crippen molar-refractivity contribution in [3.63, 3.8) is 0 Å². The zero-order valence-electron chi connectivity index (χ0n) is 39.2. The van der Waals surface area contributed by atoms with E-state index in [1.165, 1.54) is 49.3 Å². The molecule has 25 heteroatoms. The molecule has 0 radical (unpaired) electrons. The van der Waals surface area contributed by atoms with E-state index < -0.39 is 133 Å². The molecule has 3 fully saturated rings. The summed E-state index contributed by atoms with van der Waals surface area (Å²) in [4.78, 5) is 146. The molecule has 0 aromatic rings. The molecule has 0 bridgehead atoms. The first kappa shape index (κ1) is 55.4. The van der Waals surface area contributed by atoms with Crippen LogP contribution in [0.15, 0.2) is 0 Å². The van der Waals surface area contributed by atoms with Crippen molar-refractivity contribution in [3.05, 3.63) is 0 Å². The number of carboxylic acids is 1. The molecular weight excluding hydrogens is 883 g/mol. The summed E-state index contributed by atoms with van der Waals surface area (Å²) in [6.45, 7) is 10.0. The molecule has 0 spiro atoms. The maximum atomic E-state index is 13.6. The fraction of sp³-hybridized carbons (Fsp3) is 0.738. The van der Waals surface area contributed by atoms with Crippen molar-refractivity contribution >= 4 is 65.0 Å². The number of carbonyl (C=O) groups is 11. The predicted molar refractivity (Wildman–Crippen MR) is 236 cm³/mol. The molecule has 3 aliphatic heterocycles. The van der Waals surface area contributed by atoms with Gasteiger partial charge >= 0.3 is 5.97 Å². The summed E-state index contributed by atoms with van der Waals surface area (Å²) in [5.41, 5.74) is 0. The second kappa shape index (κ2) is 25.8. The van der Waals surface area contributed by atoms with Gasteiger partial charge in [0.1, 0.15) is 60.4 Å². The van der Waals surface area contributed by atoms with E-state index in [0.29, 0.717) is 25.8 Å². The minimum atomic E-state index is -1.58. The Balaban J connectivity index is 1.52. The minimum absolute atomic E-state index is 0.117. The van der Waals surface area contributed by atoms with Crippen LogP contribution in [-0.4, -0.2) is 201 Å². The number of hydrogen-bond donors (Lipinski definition) is 11. The Bertz CT molecular complexity index is 1850. The molecule has 3 aliphatic rings. The molecule has 10 amide bonds. The van der Waals surface area contributed by atoms with Crippen molar-refractivity contribution in [2.24, 2.45) is 0 Å². The molecule has 67 heavy (non-hydrogen) atoms. The van der Waals surface area contributed by atoms with Gasteiger partial charge in [-0.2, -0.15) is 0 Å². The summed E-state index contributed by atoms with van der Waals surface area (Å²) in [7, 11) is 0. The van der Waals surface area contributed by atoms with E-state index >= 15 is 0 Å². The Morgan fingerprint density at radius 1 is 0.478 bits per heavy atom. The van der Waals surface area contributed by atoms with Crippen molar-refractivity contribution in [2.75, 3.05) is 39.4 Å². The quantitative estimate of drug-likeness (QED) is 0.0457. The van der Waals surface area contributed by atoms with Crippen LogP contribution in [0.4, 0.5) is 0 Å². The van der Waals surface area contributed by atoms with E-state index in [4.69, 9.17) is 5.11 Å². The molecular formula is C42H69N11O14. The summed E-state index contributed by atoms with van der Waals surface area (Å²) in [6, 6.07) is -11.6. The van der Waals surface area contributed by atoms with Crippen LogP contribution in [0, 0.1) is 0 Å². The molecule has 0 aliphatic carbocycles. The predicted octanol–water partition coefficient (Wildman–Crippen LogP) is -5.09. The molecule has 10 unspecified atom stereocenters. The number of rotatable bonds is 23. The number of hydrogen-bond acceptors (Lipinski definition) is 14. The second-order valence-corrected chi connectivity index (χ2v) is 17.5. The summed E-state index contributed by atoms with van der Waals surface area (Å²) in [5.74, 6) is -8.10. The number of carbonyl (C=O) groups excluding carboxylic acids is 10. The highest BCUT2D eigenvalue weighted by atomic mass is 16.4. The largest absolute Gasteiger partial charge is 0.480 e. The van der Waals surface area contributed by atoms with Gasteiger partial charge < -0.3 is 72.6 Å². The van der Waals surface area contributed by atoms with Gasteiger partial charge in [-0.15, -0.1) is 0 Å². The van der Waals surface area contributed by atoms with Crippen LogP contribution >= 0.6 is 0 Å². The number of aliphatic hydroxyl groups is 2. The standard InChI is InChI=1S/C42H69N11O14/c1-21(2)43-15-14-32(56)44-22(3)34(58)49-27(19-54)41(65)53-18-10-13-31(53)37(61)45-23(4)33(57)47-25(6)39(63)52-17-9-12-30(52)38(62)48-26(7)40(64)51-16-8-11-29(51)36(60)46-24(5)35(59)50-28(20-55)42(66)67/h21-31,43,54-55H,8-20H2,1-7H3,(H,44,56)(H,45,61)(H,46,60)(H,47,57)(H,48,62)(H,49,58)(H,50,59)(H,66,67). The Morgan fingerprint density at radius 2 is 0.836 bits per heavy atom. The average Bonchev–Trinajstić information content (AvgIpc) is 4.08. The number of likely N-dealkylation sites (tertiary alicyclic amines) is 3. The summed E-state index contributed by atoms with van der Waals surface area (Å²) < 4.78 is 0. The van der Waals surface area contributed by atoms with Gasteiger partial charge in [-0.25, -0.2) is 4.79 Å². The smallest absolute Gasteiger partial charge is 0.328 e. The van der Waals surface area contributed by atoms with Crippen LogP contribution in [-0.2, 0) is 52.7 Å². The molecule has 0 saturated carbocycles. The van der Waals surface area contributed by atoms with E-state index in [1.54, 1.807) is 0 Å². The van der Waals surface area contributed by atoms with Crippen molar-refractivity contribution in [1.82, 2.24) is 57.2 Å². The first-order valence-corrected chi connectivity index (χ1v) is 22.7. The van der Waals surface area contributed by atoms with Crippen molar-refractivity contribution in [3.8, 4) is 0 Å². The Morgan fingerprint density at radius 3 is 1.24 bits per heavy atom. The Kier molecular flexibility index (Phi) is 21.3. The highest BCUT2D eigenvalue weighted by Crippen LogP contribution is 2.22. The summed E-state index contributed by atoms with van der Waals surface area (Å²) >= 11 is 0. The number of amides is 10. The van der Waals surface area contributed by atoms with Crippen LogP contribution in [0.1, 0.15) is 93.4 Å². The number of aliphatic carboxylic acids is 1. The SMILES string of the molecule is CC(C)NCCC(=O)NC(C)C(=O)NC(CO)C(=O)N1CCCC1C(=O)NC(C)C(=O)NC(C)C(=O)N1CCCC1C(=O)NC(C)C(=O)N1CCCC1C(=O)NC(C)C(=O)NC(CO)C(=O)O. The van der Waals surface area contributed by atoms with E-state index in [-0.39, 0.29) is 57.3 Å². The van der Waals surface area contributed by atoms with E-state index in [1.807, 2.05) is 13.8 Å². The van der Waals surface area contributed by atoms with Gasteiger partial charge in [-0.1, -0.05) is 13.8 Å². The van der Waals surface area contributed by atoms with Gasteiger partial charge in [0.25, 0.3) is 0 Å². The monoisotopic (exact) mass is 952 g/mol. The van der Waals surface area contributed by atoms with Crippen LogP contribution in [0.3, 0.4) is 0 Å². The lowest BCUT2D eigenvalue weighted by Gasteiger charge is -2.31. The van der Waals surface area contributed by atoms with Crippen LogP contribution in [0.2, 0.25) is 0 Å². The first-order chi connectivity index (χ1) is 31.5. The third-order valence-corrected chi connectivity index (χ3v) is 11.7. The lowest BCUT2D eigenvalue weighted by Crippen LogP contribution is -2.59. The molecule has 3 saturated heterocycles. The summed E-state index contributed by atoms with van der Waals surface area (Å²) in [6.07, 6.45) is 2.15. The third kappa shape index (κ3) is 15.6. The van der Waals surface area contributed by atoms with Gasteiger partial charge in [0, 0.05) is 38.6 Å². The molecule has 376 valence electrons. The minimum Gasteiger partial charge on any atom is -0.480 e. The van der Waals surface area contributed by atoms with Crippen molar-refractivity contribution in [2.45, 2.75) is 160 Å². The highest BCUT2D eigenvalue weighted by molar-refractivity contribution is 5.99. The van der Waals surface area contributed by atoms with Crippen molar-refractivity contribution < 1.29 is 68.1 Å². The molecule has 10 atom stereocenters. The van der Waals surface area contributed by atoms with Gasteiger partial charge in [0.15, 0.2) is 0 Å². The normalized spacial score (nSPS) is 21.2. The fourth-order valence-electron chi connectivity index (χ4n) is 7.95. The van der Waals surface area contributed by atoms with Crippen LogP contribution in [0.5, 0.6) is 0 Å². The maximum Gasteiger partial charge on any atom is 0.328 e. The summed E-state index contributed by atoms with van der Waals surface area (Å²) in [5, 5.41) is 48.6. The molecule has 25 nitrogen and oxygen atoms in total. The van der Waals surface area contributed by atoms with Crippen molar-refractivity contribution in [1.29, 1.82) is 0 Å². The fourth-order valence-corrected chi connectivity index (χ4v) is 7.95. The van der Waals surface area contributed by atoms with Gasteiger partial charge in [0.2, 0.25) is 59.1 Å². The average molecular weight is 952 g/mol. The first-order valence-electron chi connectivity index (χ1n) is 22.7. The lowest BCUT2D eigenvalue weighted by atomic mass is 10.1. The number of aliphatic hydroxyl groups excluding tert-OH is 2. The van der Waals surface area contributed by atoms with E-state index in [0.717, 1.165) is 0 Å². The van der Waals surface area contributed by atoms with Gasteiger partial charge in [0.05, 0.1) is 13.2 Å². The number of nitrogens with zero attached hydrogens (tertiary/aromatic N) is 3. The zero-order valence-corrected chi connectivity index (χ0v) is 39.2. The van der Waals surface area contributed by atoms with Gasteiger partial charge in [-0.05, 0) is 73.1 Å². The Labute approximate surface area is 389 Å². The van der Waals surface area contributed by atoms with Crippen LogP contribution < -0.4 is 42.5 Å². The number of carboxylic acid groups (broad SMARTS) is 1. The maximum absolute atomic E-state index is 13.6. The topological polar surface area (TPSA) is 354 Å². The van der Waals surface area contributed by atoms with E-state index in [9.17, 15) is 63.0 Å². The lowest BCUT2D eigenvalue weighted by molar-refractivity contribution is -0.145. The second-order valence-electron chi connectivity index (χ2n) is 17.5. The molecule has 11 N–H and O–H groups in total.